The van der Waals surface area contributed by atoms with Crippen molar-refractivity contribution in [1.82, 2.24) is 19.4 Å². The van der Waals surface area contributed by atoms with E-state index in [9.17, 15) is 4.79 Å². The molecule has 0 atom stereocenters. The normalized spacial score (nSPS) is 14.8. The van der Waals surface area contributed by atoms with Gasteiger partial charge < -0.3 is 18.9 Å². The quantitative estimate of drug-likeness (QED) is 0.602. The second kappa shape index (κ2) is 9.17. The maximum atomic E-state index is 12.5. The van der Waals surface area contributed by atoms with E-state index in [1.54, 1.807) is 0 Å². The van der Waals surface area contributed by atoms with E-state index in [0.29, 0.717) is 25.4 Å². The number of piperazine rings is 1. The van der Waals surface area contributed by atoms with Crippen LogP contribution in [-0.2, 0) is 18.4 Å². The molecule has 0 aliphatic carbocycles. The first-order valence-electron chi connectivity index (χ1n) is 10.4. The molecule has 1 fully saturated rings. The molecule has 1 aliphatic heterocycles. The fraction of sp³-hybridized carbons (Fsp3) is 0.391. The number of nitrogens with zero attached hydrogens (tertiary/aromatic N) is 4. The number of benzene rings is 2. The van der Waals surface area contributed by atoms with E-state index in [2.05, 4.69) is 22.6 Å². The van der Waals surface area contributed by atoms with Crippen LogP contribution in [-0.4, -0.2) is 64.7 Å². The van der Waals surface area contributed by atoms with Crippen molar-refractivity contribution in [2.75, 3.05) is 39.4 Å². The Kier molecular flexibility index (Phi) is 6.18. The third-order valence-electron chi connectivity index (χ3n) is 5.47. The second-order valence-electron chi connectivity index (χ2n) is 7.43. The van der Waals surface area contributed by atoms with Gasteiger partial charge in [-0.3, -0.25) is 9.69 Å². The molecule has 1 amide bonds. The maximum absolute atomic E-state index is 12.5. The zero-order chi connectivity index (χ0) is 20.9. The first-order valence-corrected chi connectivity index (χ1v) is 10.4. The highest BCUT2D eigenvalue weighted by molar-refractivity contribution is 5.78. The number of imidazole rings is 1. The van der Waals surface area contributed by atoms with Crippen LogP contribution in [0.4, 0.5) is 0 Å². The highest BCUT2D eigenvalue weighted by Crippen LogP contribution is 2.18. The minimum atomic E-state index is 0.0197. The summed E-state index contributed by atoms with van der Waals surface area (Å²) in [6.07, 6.45) is 0. The van der Waals surface area contributed by atoms with Crippen LogP contribution in [0.1, 0.15) is 12.7 Å². The van der Waals surface area contributed by atoms with Crippen molar-refractivity contribution in [3.8, 4) is 11.5 Å². The van der Waals surface area contributed by atoms with Gasteiger partial charge in [0, 0.05) is 33.2 Å². The molecule has 1 aliphatic rings. The number of hydrogen-bond donors (Lipinski definition) is 0. The summed E-state index contributed by atoms with van der Waals surface area (Å²) >= 11 is 0. The lowest BCUT2D eigenvalue weighted by Gasteiger charge is -2.34. The highest BCUT2D eigenvalue weighted by Gasteiger charge is 2.22. The molecule has 3 aromatic rings. The van der Waals surface area contributed by atoms with Gasteiger partial charge in [-0.1, -0.05) is 12.1 Å². The summed E-state index contributed by atoms with van der Waals surface area (Å²) in [6, 6.07) is 15.5. The Balaban J connectivity index is 1.25. The molecule has 158 valence electrons. The van der Waals surface area contributed by atoms with Crippen LogP contribution in [0.15, 0.2) is 48.5 Å². The van der Waals surface area contributed by atoms with Crippen LogP contribution in [0.2, 0.25) is 0 Å². The number of ether oxygens (including phenoxy) is 2. The summed E-state index contributed by atoms with van der Waals surface area (Å²) in [5, 5.41) is 0. The molecule has 0 bridgehead atoms. The van der Waals surface area contributed by atoms with Gasteiger partial charge in [-0.2, -0.15) is 0 Å². The Morgan fingerprint density at radius 2 is 1.63 bits per heavy atom. The Morgan fingerprint density at radius 1 is 0.967 bits per heavy atom. The standard InChI is InChI=1S/C23H28N4O3/c1-3-29-18-8-10-19(11-9-18)30-17-23(28)27-14-12-26(13-15-27)16-22-24-20-6-4-5-7-21(20)25(22)2/h4-11H,3,12-17H2,1-2H3. The molecule has 0 unspecified atom stereocenters. The highest BCUT2D eigenvalue weighted by atomic mass is 16.5. The summed E-state index contributed by atoms with van der Waals surface area (Å²) in [4.78, 5) is 21.5. The molecule has 0 saturated carbocycles. The van der Waals surface area contributed by atoms with Crippen LogP contribution in [0.5, 0.6) is 11.5 Å². The van der Waals surface area contributed by atoms with Gasteiger partial charge in [-0.15, -0.1) is 0 Å². The molecule has 0 spiro atoms. The van der Waals surface area contributed by atoms with Gasteiger partial charge in [-0.05, 0) is 43.3 Å². The molecular weight excluding hydrogens is 380 g/mol. The fourth-order valence-electron chi connectivity index (χ4n) is 3.73. The molecule has 1 saturated heterocycles. The lowest BCUT2D eigenvalue weighted by Crippen LogP contribution is -2.49. The van der Waals surface area contributed by atoms with Gasteiger partial charge in [0.25, 0.3) is 5.91 Å². The summed E-state index contributed by atoms with van der Waals surface area (Å²) in [6.45, 7) is 6.48. The molecule has 2 heterocycles. The average Bonchev–Trinajstić information content (AvgIpc) is 3.09. The monoisotopic (exact) mass is 408 g/mol. The summed E-state index contributed by atoms with van der Waals surface area (Å²) in [7, 11) is 2.06. The molecule has 2 aromatic carbocycles. The molecule has 4 rings (SSSR count). The zero-order valence-corrected chi connectivity index (χ0v) is 17.6. The number of carbonyl (C=O) groups is 1. The van der Waals surface area contributed by atoms with E-state index in [-0.39, 0.29) is 12.5 Å². The predicted molar refractivity (Wildman–Crippen MR) is 116 cm³/mol. The van der Waals surface area contributed by atoms with Crippen molar-refractivity contribution < 1.29 is 14.3 Å². The van der Waals surface area contributed by atoms with E-state index >= 15 is 0 Å². The van der Waals surface area contributed by atoms with Gasteiger partial charge >= 0.3 is 0 Å². The Hall–Kier alpha value is -3.06. The number of rotatable bonds is 7. The van der Waals surface area contributed by atoms with Crippen LogP contribution in [0.3, 0.4) is 0 Å². The van der Waals surface area contributed by atoms with E-state index in [1.807, 2.05) is 54.3 Å². The van der Waals surface area contributed by atoms with Gasteiger partial charge in [0.1, 0.15) is 17.3 Å². The zero-order valence-electron chi connectivity index (χ0n) is 17.6. The molecule has 7 heteroatoms. The van der Waals surface area contributed by atoms with Crippen molar-refractivity contribution in [2.45, 2.75) is 13.5 Å². The van der Waals surface area contributed by atoms with E-state index < -0.39 is 0 Å². The molecule has 7 nitrogen and oxygen atoms in total. The van der Waals surface area contributed by atoms with Gasteiger partial charge in [0.05, 0.1) is 24.2 Å². The number of para-hydroxylation sites is 2. The van der Waals surface area contributed by atoms with Gasteiger partial charge in [0.15, 0.2) is 6.61 Å². The number of hydrogen-bond acceptors (Lipinski definition) is 5. The molecular formula is C23H28N4O3. The summed E-state index contributed by atoms with van der Waals surface area (Å²) in [5.41, 5.74) is 2.17. The summed E-state index contributed by atoms with van der Waals surface area (Å²) < 4.78 is 13.2. The topological polar surface area (TPSA) is 59.8 Å². The third-order valence-corrected chi connectivity index (χ3v) is 5.47. The predicted octanol–water partition coefficient (Wildman–Crippen LogP) is 2.70. The van der Waals surface area contributed by atoms with Crippen LogP contribution >= 0.6 is 0 Å². The lowest BCUT2D eigenvalue weighted by atomic mass is 10.3. The van der Waals surface area contributed by atoms with E-state index in [1.165, 1.54) is 0 Å². The van der Waals surface area contributed by atoms with Crippen molar-refractivity contribution in [3.63, 3.8) is 0 Å². The average molecular weight is 409 g/mol. The fourth-order valence-corrected chi connectivity index (χ4v) is 3.73. The minimum absolute atomic E-state index is 0.0197. The minimum Gasteiger partial charge on any atom is -0.494 e. The number of carbonyl (C=O) groups excluding carboxylic acids is 1. The number of aromatic nitrogens is 2. The smallest absolute Gasteiger partial charge is 0.260 e. The number of aryl methyl sites for hydroxylation is 1. The van der Waals surface area contributed by atoms with Crippen molar-refractivity contribution in [2.24, 2.45) is 7.05 Å². The molecule has 1 aromatic heterocycles. The molecule has 30 heavy (non-hydrogen) atoms. The lowest BCUT2D eigenvalue weighted by molar-refractivity contribution is -0.135. The first-order chi connectivity index (χ1) is 14.6. The molecule has 0 N–H and O–H groups in total. The van der Waals surface area contributed by atoms with Crippen LogP contribution in [0, 0.1) is 0 Å². The third kappa shape index (κ3) is 4.57. The SMILES string of the molecule is CCOc1ccc(OCC(=O)N2CCN(Cc3nc4ccccc4n3C)CC2)cc1. The Labute approximate surface area is 176 Å². The van der Waals surface area contributed by atoms with Gasteiger partial charge in [-0.25, -0.2) is 4.98 Å². The Morgan fingerprint density at radius 3 is 2.30 bits per heavy atom. The van der Waals surface area contributed by atoms with Gasteiger partial charge in [0.2, 0.25) is 0 Å². The Bertz CT molecular complexity index is 991. The van der Waals surface area contributed by atoms with E-state index in [0.717, 1.165) is 42.2 Å². The number of fused-ring (bicyclic) bond motifs is 1. The van der Waals surface area contributed by atoms with Crippen molar-refractivity contribution in [1.29, 1.82) is 0 Å². The largest absolute Gasteiger partial charge is 0.494 e. The maximum Gasteiger partial charge on any atom is 0.260 e. The van der Waals surface area contributed by atoms with Crippen molar-refractivity contribution >= 4 is 16.9 Å². The first kappa shape index (κ1) is 20.2. The molecule has 0 radical (unpaired) electrons. The second-order valence-corrected chi connectivity index (χ2v) is 7.43. The van der Waals surface area contributed by atoms with Crippen molar-refractivity contribution in [3.05, 3.63) is 54.4 Å². The summed E-state index contributed by atoms with van der Waals surface area (Å²) in [5.74, 6) is 2.54. The van der Waals surface area contributed by atoms with Crippen LogP contribution < -0.4 is 9.47 Å². The van der Waals surface area contributed by atoms with Crippen LogP contribution in [0.25, 0.3) is 11.0 Å². The number of amides is 1. The van der Waals surface area contributed by atoms with E-state index in [4.69, 9.17) is 14.5 Å².